The molecule has 0 radical (unpaired) electrons. The van der Waals surface area contributed by atoms with Gasteiger partial charge in [0.25, 0.3) is 0 Å². The maximum atomic E-state index is 14.1. The lowest BCUT2D eigenvalue weighted by Gasteiger charge is -2.25. The molecule has 0 amide bonds. The first-order valence-corrected chi connectivity index (χ1v) is 6.55. The molecule has 0 aromatic carbocycles. The quantitative estimate of drug-likeness (QED) is 0.275. The Morgan fingerprint density at radius 2 is 1.90 bits per heavy atom. The minimum Gasteiger partial charge on any atom is -0.465 e. The number of rotatable bonds is 11. The third kappa shape index (κ3) is 5.56. The van der Waals surface area contributed by atoms with Gasteiger partial charge in [0.1, 0.15) is 6.10 Å². The normalized spacial score (nSPS) is 12.9. The predicted molar refractivity (Wildman–Crippen MR) is 72.5 cm³/mol. The molecule has 0 saturated heterocycles. The summed E-state index contributed by atoms with van der Waals surface area (Å²) in [5, 5.41) is 9.39. The van der Waals surface area contributed by atoms with Crippen molar-refractivity contribution in [2.45, 2.75) is 38.7 Å². The van der Waals surface area contributed by atoms with Crippen LogP contribution in [0.1, 0.15) is 26.7 Å². The second-order valence-electron chi connectivity index (χ2n) is 4.11. The highest BCUT2D eigenvalue weighted by Gasteiger charge is 2.44. The summed E-state index contributed by atoms with van der Waals surface area (Å²) < 4.78 is 43.1. The van der Waals surface area contributed by atoms with Crippen molar-refractivity contribution in [2.24, 2.45) is 0 Å². The van der Waals surface area contributed by atoms with Crippen LogP contribution in [0.3, 0.4) is 0 Å². The van der Waals surface area contributed by atoms with Crippen LogP contribution >= 0.6 is 0 Å². The molecule has 0 rings (SSSR count). The van der Waals surface area contributed by atoms with Crippen LogP contribution < -0.4 is 0 Å². The van der Waals surface area contributed by atoms with E-state index >= 15 is 0 Å². The predicted octanol–water partition coefficient (Wildman–Crippen LogP) is 2.88. The topological polar surface area (TPSA) is 47.9 Å². The summed E-state index contributed by atoms with van der Waals surface area (Å²) in [6, 6.07) is 0. The summed E-state index contributed by atoms with van der Waals surface area (Å²) in [7, 11) is 1.51. The molecule has 0 aliphatic carbocycles. The molecule has 0 fully saturated rings. The molecule has 0 spiro atoms. The lowest BCUT2D eigenvalue weighted by atomic mass is 10.0. The first-order chi connectivity index (χ1) is 9.45. The molecule has 0 aliphatic heterocycles. The number of ether oxygens (including phenoxy) is 3. The fourth-order valence-electron chi connectivity index (χ4n) is 1.59. The van der Waals surface area contributed by atoms with E-state index in [1.807, 2.05) is 0 Å². The van der Waals surface area contributed by atoms with Gasteiger partial charge in [-0.15, -0.1) is 6.58 Å². The van der Waals surface area contributed by atoms with Crippen molar-refractivity contribution in [1.29, 1.82) is 0 Å². The Bertz CT molecular complexity index is 310. The van der Waals surface area contributed by atoms with Gasteiger partial charge in [-0.3, -0.25) is 0 Å². The van der Waals surface area contributed by atoms with E-state index in [4.69, 9.17) is 14.2 Å². The number of aliphatic hydroxyl groups excluding tert-OH is 1. The van der Waals surface area contributed by atoms with Gasteiger partial charge in [0.15, 0.2) is 12.6 Å². The molecule has 20 heavy (non-hydrogen) atoms. The molecule has 1 N–H and O–H groups in total. The number of methoxy groups -OCH3 is 1. The Morgan fingerprint density at radius 1 is 1.30 bits per heavy atom. The summed E-state index contributed by atoms with van der Waals surface area (Å²) in [6.45, 7) is 6.97. The average Bonchev–Trinajstić information content (AvgIpc) is 2.44. The van der Waals surface area contributed by atoms with Crippen LogP contribution in [0.5, 0.6) is 0 Å². The zero-order valence-corrected chi connectivity index (χ0v) is 12.3. The third-order valence-corrected chi connectivity index (χ3v) is 2.79. The number of alkyl halides is 2. The van der Waals surface area contributed by atoms with E-state index in [1.54, 1.807) is 13.8 Å². The highest BCUT2D eigenvalue weighted by atomic mass is 19.3. The Labute approximate surface area is 119 Å². The van der Waals surface area contributed by atoms with Crippen LogP contribution in [0.15, 0.2) is 24.0 Å². The summed E-state index contributed by atoms with van der Waals surface area (Å²) in [6.07, 6.45) is -0.394. The van der Waals surface area contributed by atoms with Crippen LogP contribution in [-0.4, -0.2) is 44.2 Å². The van der Waals surface area contributed by atoms with Gasteiger partial charge in [0.05, 0.1) is 13.2 Å². The van der Waals surface area contributed by atoms with E-state index in [9.17, 15) is 13.9 Å². The minimum absolute atomic E-state index is 0.243. The first kappa shape index (κ1) is 19.0. The molecule has 0 saturated carbocycles. The van der Waals surface area contributed by atoms with Crippen LogP contribution in [-0.2, 0) is 14.2 Å². The van der Waals surface area contributed by atoms with Crippen molar-refractivity contribution >= 4 is 0 Å². The van der Waals surface area contributed by atoms with E-state index in [0.29, 0.717) is 25.0 Å². The van der Waals surface area contributed by atoms with E-state index in [0.717, 1.165) is 6.08 Å². The monoisotopic (exact) mass is 294 g/mol. The second-order valence-corrected chi connectivity index (χ2v) is 4.11. The van der Waals surface area contributed by atoms with Gasteiger partial charge in [-0.25, -0.2) is 0 Å². The lowest BCUT2D eigenvalue weighted by Crippen LogP contribution is -2.36. The number of hydrogen-bond donors (Lipinski definition) is 1. The van der Waals surface area contributed by atoms with Crippen molar-refractivity contribution in [3.05, 3.63) is 24.0 Å². The number of allylic oxidation sites excluding steroid dienone is 1. The summed E-state index contributed by atoms with van der Waals surface area (Å²) in [5.74, 6) is -4.06. The highest BCUT2D eigenvalue weighted by Crippen LogP contribution is 2.34. The molecule has 0 heterocycles. The summed E-state index contributed by atoms with van der Waals surface area (Å²) >= 11 is 0. The molecule has 6 heteroatoms. The van der Waals surface area contributed by atoms with Crippen LogP contribution in [0, 0.1) is 0 Å². The van der Waals surface area contributed by atoms with Gasteiger partial charge in [-0.1, -0.05) is 19.9 Å². The third-order valence-electron chi connectivity index (χ3n) is 2.79. The van der Waals surface area contributed by atoms with E-state index in [-0.39, 0.29) is 13.4 Å². The van der Waals surface area contributed by atoms with Gasteiger partial charge in [0, 0.05) is 7.11 Å². The fraction of sp³-hybridized carbons (Fsp3) is 0.714. The molecule has 1 unspecified atom stereocenters. The van der Waals surface area contributed by atoms with Crippen molar-refractivity contribution in [3.63, 3.8) is 0 Å². The summed E-state index contributed by atoms with van der Waals surface area (Å²) in [5.41, 5.74) is 0.436. The Hall–Kier alpha value is -0.980. The Kier molecular flexibility index (Phi) is 9.37. The first-order valence-electron chi connectivity index (χ1n) is 6.55. The number of halogens is 2. The fourth-order valence-corrected chi connectivity index (χ4v) is 1.59. The SMILES string of the molecule is C=CC(O)C(F)(F)C(OCOCCOC)=C(CC)CC. The molecule has 1 atom stereocenters. The second kappa shape index (κ2) is 9.85. The van der Waals surface area contributed by atoms with E-state index in [2.05, 4.69) is 6.58 Å². The smallest absolute Gasteiger partial charge is 0.332 e. The van der Waals surface area contributed by atoms with Crippen molar-refractivity contribution in [1.82, 2.24) is 0 Å². The number of aliphatic hydroxyl groups is 1. The van der Waals surface area contributed by atoms with Crippen molar-refractivity contribution in [3.8, 4) is 0 Å². The number of hydrogen-bond acceptors (Lipinski definition) is 4. The lowest BCUT2D eigenvalue weighted by molar-refractivity contribution is -0.125. The van der Waals surface area contributed by atoms with Gasteiger partial charge in [0.2, 0.25) is 0 Å². The maximum Gasteiger partial charge on any atom is 0.332 e. The van der Waals surface area contributed by atoms with E-state index in [1.165, 1.54) is 7.11 Å². The Morgan fingerprint density at radius 3 is 2.35 bits per heavy atom. The zero-order chi connectivity index (χ0) is 15.6. The molecule has 0 aliphatic rings. The molecular formula is C14H24F2O4. The largest absolute Gasteiger partial charge is 0.465 e. The molecule has 0 aromatic rings. The van der Waals surface area contributed by atoms with Gasteiger partial charge >= 0.3 is 5.92 Å². The molecule has 0 aromatic heterocycles. The van der Waals surface area contributed by atoms with Crippen molar-refractivity contribution in [2.75, 3.05) is 27.1 Å². The molecule has 118 valence electrons. The maximum absolute atomic E-state index is 14.1. The van der Waals surface area contributed by atoms with Crippen LogP contribution in [0.25, 0.3) is 0 Å². The zero-order valence-electron chi connectivity index (χ0n) is 12.3. The Balaban J connectivity index is 4.92. The van der Waals surface area contributed by atoms with E-state index < -0.39 is 17.8 Å². The van der Waals surface area contributed by atoms with Crippen molar-refractivity contribution < 1.29 is 28.1 Å². The van der Waals surface area contributed by atoms with Gasteiger partial charge < -0.3 is 19.3 Å². The van der Waals surface area contributed by atoms with Crippen LogP contribution in [0.2, 0.25) is 0 Å². The average molecular weight is 294 g/mol. The van der Waals surface area contributed by atoms with Gasteiger partial charge in [-0.2, -0.15) is 8.78 Å². The molecular weight excluding hydrogens is 270 g/mol. The molecule has 0 bridgehead atoms. The standard InChI is InChI=1S/C14H24F2O4/c1-5-11(6-2)13(14(15,16)12(17)7-3)20-10-19-9-8-18-4/h7,12,17H,3,5-6,8-10H2,1-2,4H3. The highest BCUT2D eigenvalue weighted by molar-refractivity contribution is 5.19. The minimum atomic E-state index is -3.52. The van der Waals surface area contributed by atoms with Gasteiger partial charge in [-0.05, 0) is 18.4 Å². The summed E-state index contributed by atoms with van der Waals surface area (Å²) in [4.78, 5) is 0. The molecule has 4 nitrogen and oxygen atoms in total. The van der Waals surface area contributed by atoms with Crippen LogP contribution in [0.4, 0.5) is 8.78 Å².